The topological polar surface area (TPSA) is 75.6 Å². The quantitative estimate of drug-likeness (QED) is 0.878. The van der Waals surface area contributed by atoms with Crippen molar-refractivity contribution in [2.75, 3.05) is 0 Å². The number of nitrogens with one attached hydrogen (secondary N) is 1. The number of carbonyl (C=O) groups excluding carboxylic acids is 1. The lowest BCUT2D eigenvalue weighted by molar-refractivity contribution is -0.147. The second-order valence-corrected chi connectivity index (χ2v) is 5.52. The lowest BCUT2D eigenvalue weighted by Crippen LogP contribution is -2.43. The standard InChI is InChI=1S/C15H16FNO4/c16-9-3-1-8(2-4-9)7-17-14(18)12-10-5-6-11(21-10)13(12)15(19)20/h1-4,10-13H,5-7H2,(H,17,18)(H,19,20)/t10-,11-,12+,13+/m1/s1. The number of carboxylic acids is 1. The SMILES string of the molecule is O=C(O)[C@@H]1[C@@H](C(=O)NCc2ccc(F)cc2)[C@H]2CC[C@H]1O2. The van der Waals surface area contributed by atoms with E-state index in [2.05, 4.69) is 5.32 Å². The van der Waals surface area contributed by atoms with E-state index in [1.165, 1.54) is 12.1 Å². The molecule has 2 aliphatic heterocycles. The molecule has 0 spiro atoms. The lowest BCUT2D eigenvalue weighted by Gasteiger charge is -2.23. The van der Waals surface area contributed by atoms with E-state index in [1.807, 2.05) is 0 Å². The Morgan fingerprint density at radius 3 is 2.43 bits per heavy atom. The number of amides is 1. The summed E-state index contributed by atoms with van der Waals surface area (Å²) in [6, 6.07) is 5.81. The van der Waals surface area contributed by atoms with E-state index in [1.54, 1.807) is 12.1 Å². The zero-order valence-electron chi connectivity index (χ0n) is 11.3. The number of ether oxygens (including phenoxy) is 1. The van der Waals surface area contributed by atoms with E-state index in [0.717, 1.165) is 12.0 Å². The summed E-state index contributed by atoms with van der Waals surface area (Å²) in [6.07, 6.45) is 0.769. The maximum atomic E-state index is 12.8. The lowest BCUT2D eigenvalue weighted by atomic mass is 9.78. The van der Waals surface area contributed by atoms with Crippen LogP contribution >= 0.6 is 0 Å². The minimum atomic E-state index is -0.982. The second-order valence-electron chi connectivity index (χ2n) is 5.52. The van der Waals surface area contributed by atoms with Gasteiger partial charge in [-0.2, -0.15) is 0 Å². The summed E-state index contributed by atoms with van der Waals surface area (Å²) < 4.78 is 18.4. The highest BCUT2D eigenvalue weighted by Gasteiger charge is 2.55. The predicted octanol–water partition coefficient (Wildman–Crippen LogP) is 1.32. The first kappa shape index (κ1) is 14.0. The monoisotopic (exact) mass is 293 g/mol. The summed E-state index contributed by atoms with van der Waals surface area (Å²) in [5, 5.41) is 12.0. The molecule has 2 N–H and O–H groups in total. The van der Waals surface area contributed by atoms with Crippen molar-refractivity contribution < 1.29 is 23.8 Å². The number of carboxylic acid groups (broad SMARTS) is 1. The predicted molar refractivity (Wildman–Crippen MR) is 70.8 cm³/mol. The number of hydrogen-bond donors (Lipinski definition) is 2. The molecule has 1 amide bonds. The van der Waals surface area contributed by atoms with Gasteiger partial charge in [0, 0.05) is 6.54 Å². The maximum absolute atomic E-state index is 12.8. The van der Waals surface area contributed by atoms with Crippen LogP contribution in [-0.4, -0.2) is 29.2 Å². The second kappa shape index (κ2) is 5.44. The highest BCUT2D eigenvalue weighted by atomic mass is 19.1. The van der Waals surface area contributed by atoms with Gasteiger partial charge in [0.25, 0.3) is 0 Å². The van der Waals surface area contributed by atoms with Crippen molar-refractivity contribution in [2.24, 2.45) is 11.8 Å². The molecule has 2 bridgehead atoms. The minimum absolute atomic E-state index is 0.249. The van der Waals surface area contributed by atoms with Gasteiger partial charge in [0.15, 0.2) is 0 Å². The van der Waals surface area contributed by atoms with Crippen molar-refractivity contribution in [2.45, 2.75) is 31.6 Å². The molecule has 21 heavy (non-hydrogen) atoms. The average Bonchev–Trinajstić information content (AvgIpc) is 3.06. The largest absolute Gasteiger partial charge is 0.481 e. The Morgan fingerprint density at radius 1 is 1.19 bits per heavy atom. The Kier molecular flexibility index (Phi) is 3.63. The van der Waals surface area contributed by atoms with Crippen LogP contribution in [0, 0.1) is 17.7 Å². The van der Waals surface area contributed by atoms with Gasteiger partial charge >= 0.3 is 5.97 Å². The van der Waals surface area contributed by atoms with Crippen LogP contribution in [0.1, 0.15) is 18.4 Å². The summed E-state index contributed by atoms with van der Waals surface area (Å²) in [4.78, 5) is 23.6. The van der Waals surface area contributed by atoms with Gasteiger partial charge in [0.05, 0.1) is 24.0 Å². The molecule has 1 aromatic rings. The third-order valence-corrected chi connectivity index (χ3v) is 4.24. The van der Waals surface area contributed by atoms with Crippen LogP contribution in [-0.2, 0) is 20.9 Å². The Morgan fingerprint density at radius 2 is 1.81 bits per heavy atom. The Balaban J connectivity index is 1.64. The van der Waals surface area contributed by atoms with Crippen molar-refractivity contribution >= 4 is 11.9 Å². The highest BCUT2D eigenvalue weighted by molar-refractivity contribution is 5.86. The van der Waals surface area contributed by atoms with E-state index in [9.17, 15) is 19.1 Å². The molecule has 0 unspecified atom stereocenters. The van der Waals surface area contributed by atoms with Crippen molar-refractivity contribution in [1.29, 1.82) is 0 Å². The Labute approximate surface area is 121 Å². The molecule has 2 heterocycles. The third-order valence-electron chi connectivity index (χ3n) is 4.24. The fraction of sp³-hybridized carbons (Fsp3) is 0.467. The van der Waals surface area contributed by atoms with Gasteiger partial charge in [-0.3, -0.25) is 9.59 Å². The summed E-state index contributed by atoms with van der Waals surface area (Å²) >= 11 is 0. The van der Waals surface area contributed by atoms with Crippen molar-refractivity contribution in [3.63, 3.8) is 0 Å². The average molecular weight is 293 g/mol. The molecule has 6 heteroatoms. The third kappa shape index (κ3) is 2.63. The first-order valence-corrected chi connectivity index (χ1v) is 6.96. The number of rotatable bonds is 4. The molecular weight excluding hydrogens is 277 g/mol. The van der Waals surface area contributed by atoms with Crippen LogP contribution in [0.4, 0.5) is 4.39 Å². The van der Waals surface area contributed by atoms with Gasteiger partial charge in [-0.05, 0) is 30.5 Å². The molecule has 4 atom stereocenters. The summed E-state index contributed by atoms with van der Waals surface area (Å²) in [6.45, 7) is 0.249. The molecule has 0 radical (unpaired) electrons. The first-order chi connectivity index (χ1) is 10.1. The van der Waals surface area contributed by atoms with Crippen molar-refractivity contribution in [1.82, 2.24) is 5.32 Å². The number of hydrogen-bond acceptors (Lipinski definition) is 3. The number of benzene rings is 1. The first-order valence-electron chi connectivity index (χ1n) is 6.96. The van der Waals surface area contributed by atoms with E-state index in [4.69, 9.17) is 4.74 Å². The number of aliphatic carboxylic acids is 1. The minimum Gasteiger partial charge on any atom is -0.481 e. The summed E-state index contributed by atoms with van der Waals surface area (Å²) in [5.41, 5.74) is 0.765. The highest BCUT2D eigenvalue weighted by Crippen LogP contribution is 2.43. The van der Waals surface area contributed by atoms with E-state index in [0.29, 0.717) is 6.42 Å². The zero-order valence-corrected chi connectivity index (χ0v) is 11.3. The molecule has 2 saturated heterocycles. The molecule has 2 fully saturated rings. The molecule has 1 aromatic carbocycles. The van der Waals surface area contributed by atoms with Crippen LogP contribution in [0.3, 0.4) is 0 Å². The fourth-order valence-electron chi connectivity index (χ4n) is 3.23. The molecular formula is C15H16FNO4. The maximum Gasteiger partial charge on any atom is 0.310 e. The van der Waals surface area contributed by atoms with Gasteiger partial charge in [-0.25, -0.2) is 4.39 Å². The molecule has 0 saturated carbocycles. The fourth-order valence-corrected chi connectivity index (χ4v) is 3.23. The molecule has 0 aliphatic carbocycles. The van der Waals surface area contributed by atoms with Crippen LogP contribution in [0.2, 0.25) is 0 Å². The van der Waals surface area contributed by atoms with Crippen molar-refractivity contribution in [3.8, 4) is 0 Å². The van der Waals surface area contributed by atoms with Gasteiger partial charge < -0.3 is 15.2 Å². The Hall–Kier alpha value is -1.95. The molecule has 112 valence electrons. The summed E-state index contributed by atoms with van der Waals surface area (Å²) in [5.74, 6) is -3.03. The Bertz CT molecular complexity index is 559. The summed E-state index contributed by atoms with van der Waals surface area (Å²) in [7, 11) is 0. The van der Waals surface area contributed by atoms with Crippen molar-refractivity contribution in [3.05, 3.63) is 35.6 Å². The van der Waals surface area contributed by atoms with Gasteiger partial charge in [0.1, 0.15) is 5.82 Å². The van der Waals surface area contributed by atoms with Crippen LogP contribution < -0.4 is 5.32 Å². The molecule has 0 aromatic heterocycles. The molecule has 5 nitrogen and oxygen atoms in total. The number of carbonyl (C=O) groups is 2. The van der Waals surface area contributed by atoms with E-state index >= 15 is 0 Å². The van der Waals surface area contributed by atoms with Crippen LogP contribution in [0.25, 0.3) is 0 Å². The smallest absolute Gasteiger partial charge is 0.310 e. The van der Waals surface area contributed by atoms with Gasteiger partial charge in [-0.1, -0.05) is 12.1 Å². The van der Waals surface area contributed by atoms with Crippen LogP contribution in [0.5, 0.6) is 0 Å². The van der Waals surface area contributed by atoms with Gasteiger partial charge in [-0.15, -0.1) is 0 Å². The zero-order chi connectivity index (χ0) is 15.0. The van der Waals surface area contributed by atoms with Crippen LogP contribution in [0.15, 0.2) is 24.3 Å². The molecule has 3 rings (SSSR count). The van der Waals surface area contributed by atoms with E-state index < -0.39 is 17.8 Å². The normalized spacial score (nSPS) is 30.3. The number of fused-ring (bicyclic) bond motifs is 2. The molecule has 2 aliphatic rings. The van der Waals surface area contributed by atoms with E-state index in [-0.39, 0.29) is 30.5 Å². The number of halogens is 1. The van der Waals surface area contributed by atoms with Gasteiger partial charge in [0.2, 0.25) is 5.91 Å².